The van der Waals surface area contributed by atoms with Crippen molar-refractivity contribution in [1.29, 1.82) is 0 Å². The van der Waals surface area contributed by atoms with Crippen LogP contribution < -0.4 is 11.3 Å². The molecule has 0 aliphatic rings. The minimum absolute atomic E-state index is 0.113. The standard InChI is InChI=1S/C15H16ClFN2/c1-2-10-4-3-5-11(8-10)15(19-18)12-6-7-13(16)14(17)9-12/h3-9,15,19H,2,18H2,1H3. The van der Waals surface area contributed by atoms with Crippen molar-refractivity contribution in [1.82, 2.24) is 5.43 Å². The molecule has 19 heavy (non-hydrogen) atoms. The van der Waals surface area contributed by atoms with Crippen molar-refractivity contribution in [2.75, 3.05) is 0 Å². The van der Waals surface area contributed by atoms with Crippen molar-refractivity contribution >= 4 is 11.6 Å². The van der Waals surface area contributed by atoms with Gasteiger partial charge in [-0.2, -0.15) is 0 Å². The van der Waals surface area contributed by atoms with Gasteiger partial charge in [0.1, 0.15) is 5.82 Å². The van der Waals surface area contributed by atoms with Gasteiger partial charge in [-0.05, 0) is 35.2 Å². The molecule has 0 amide bonds. The predicted octanol–water partition coefficient (Wildman–Crippen LogP) is 3.59. The molecule has 2 rings (SSSR count). The Kier molecular flexibility index (Phi) is 4.53. The number of hydrazine groups is 1. The second-order valence-corrected chi connectivity index (χ2v) is 4.78. The number of nitrogens with one attached hydrogen (secondary N) is 1. The van der Waals surface area contributed by atoms with Gasteiger partial charge < -0.3 is 0 Å². The minimum Gasteiger partial charge on any atom is -0.271 e. The maximum absolute atomic E-state index is 13.5. The van der Waals surface area contributed by atoms with Crippen LogP contribution >= 0.6 is 11.6 Å². The fourth-order valence-corrected chi connectivity index (χ4v) is 2.19. The summed E-state index contributed by atoms with van der Waals surface area (Å²) in [6.45, 7) is 2.09. The van der Waals surface area contributed by atoms with Crippen molar-refractivity contribution in [3.63, 3.8) is 0 Å². The predicted molar refractivity (Wildman–Crippen MR) is 76.4 cm³/mol. The quantitative estimate of drug-likeness (QED) is 0.662. The summed E-state index contributed by atoms with van der Waals surface area (Å²) in [7, 11) is 0. The average Bonchev–Trinajstić information content (AvgIpc) is 2.44. The highest BCUT2D eigenvalue weighted by atomic mass is 35.5. The van der Waals surface area contributed by atoms with Gasteiger partial charge >= 0.3 is 0 Å². The lowest BCUT2D eigenvalue weighted by molar-refractivity contribution is 0.605. The molecule has 1 atom stereocenters. The van der Waals surface area contributed by atoms with Gasteiger partial charge in [0, 0.05) is 0 Å². The summed E-state index contributed by atoms with van der Waals surface area (Å²) in [5.41, 5.74) is 5.69. The van der Waals surface area contributed by atoms with Crippen LogP contribution in [0.4, 0.5) is 4.39 Å². The first-order valence-electron chi connectivity index (χ1n) is 6.15. The zero-order chi connectivity index (χ0) is 13.8. The van der Waals surface area contributed by atoms with Crippen LogP contribution in [0.1, 0.15) is 29.7 Å². The highest BCUT2D eigenvalue weighted by Gasteiger charge is 2.14. The van der Waals surface area contributed by atoms with Gasteiger partial charge in [-0.3, -0.25) is 5.84 Å². The van der Waals surface area contributed by atoms with Crippen molar-refractivity contribution in [2.24, 2.45) is 5.84 Å². The average molecular weight is 279 g/mol. The number of hydrogen-bond donors (Lipinski definition) is 2. The third kappa shape index (κ3) is 3.13. The Bertz CT molecular complexity index is 572. The molecule has 0 fully saturated rings. The lowest BCUT2D eigenvalue weighted by atomic mass is 9.97. The lowest BCUT2D eigenvalue weighted by Gasteiger charge is -2.18. The molecular weight excluding hydrogens is 263 g/mol. The summed E-state index contributed by atoms with van der Waals surface area (Å²) in [5.74, 6) is 5.17. The van der Waals surface area contributed by atoms with Crippen molar-refractivity contribution in [3.05, 3.63) is 70.0 Å². The molecule has 4 heteroatoms. The Morgan fingerprint density at radius 2 is 1.95 bits per heavy atom. The number of rotatable bonds is 4. The summed E-state index contributed by atoms with van der Waals surface area (Å²) in [6.07, 6.45) is 0.945. The number of hydrogen-bond acceptors (Lipinski definition) is 2. The van der Waals surface area contributed by atoms with E-state index in [0.717, 1.165) is 17.5 Å². The smallest absolute Gasteiger partial charge is 0.142 e. The molecule has 2 nitrogen and oxygen atoms in total. The maximum atomic E-state index is 13.5. The Labute approximate surface area is 117 Å². The molecule has 3 N–H and O–H groups in total. The first-order chi connectivity index (χ1) is 9.15. The highest BCUT2D eigenvalue weighted by Crippen LogP contribution is 2.25. The summed E-state index contributed by atoms with van der Waals surface area (Å²) in [5, 5.41) is 0.113. The number of nitrogens with two attached hydrogens (primary N) is 1. The zero-order valence-corrected chi connectivity index (χ0v) is 11.4. The van der Waals surface area contributed by atoms with Gasteiger partial charge in [0.2, 0.25) is 0 Å². The molecule has 0 aliphatic carbocycles. The van der Waals surface area contributed by atoms with E-state index >= 15 is 0 Å². The molecule has 0 heterocycles. The van der Waals surface area contributed by atoms with Gasteiger partial charge in [0.25, 0.3) is 0 Å². The normalized spacial score (nSPS) is 12.4. The fraction of sp³-hybridized carbons (Fsp3) is 0.200. The van der Waals surface area contributed by atoms with Crippen molar-refractivity contribution in [2.45, 2.75) is 19.4 Å². The largest absolute Gasteiger partial charge is 0.271 e. The Hall–Kier alpha value is -1.42. The van der Waals surface area contributed by atoms with Crippen LogP contribution in [0.3, 0.4) is 0 Å². The molecule has 0 aliphatic heterocycles. The van der Waals surface area contributed by atoms with E-state index < -0.39 is 5.82 Å². The number of aryl methyl sites for hydroxylation is 1. The monoisotopic (exact) mass is 278 g/mol. The molecule has 100 valence electrons. The van der Waals surface area contributed by atoms with E-state index in [9.17, 15) is 4.39 Å². The summed E-state index contributed by atoms with van der Waals surface area (Å²) in [4.78, 5) is 0. The van der Waals surface area contributed by atoms with Crippen LogP contribution in [0.5, 0.6) is 0 Å². The van der Waals surface area contributed by atoms with Gasteiger partial charge in [-0.15, -0.1) is 0 Å². The van der Waals surface area contributed by atoms with Crippen LogP contribution in [0.25, 0.3) is 0 Å². The molecule has 0 radical (unpaired) electrons. The maximum Gasteiger partial charge on any atom is 0.142 e. The first kappa shape index (κ1) is 14.0. The van der Waals surface area contributed by atoms with Crippen molar-refractivity contribution < 1.29 is 4.39 Å². The highest BCUT2D eigenvalue weighted by molar-refractivity contribution is 6.30. The molecule has 0 saturated carbocycles. The van der Waals surface area contributed by atoms with E-state index in [-0.39, 0.29) is 11.1 Å². The second-order valence-electron chi connectivity index (χ2n) is 4.37. The second kappa shape index (κ2) is 6.15. The van der Waals surface area contributed by atoms with Gasteiger partial charge in [-0.1, -0.05) is 48.9 Å². The van der Waals surface area contributed by atoms with E-state index in [4.69, 9.17) is 17.4 Å². The van der Waals surface area contributed by atoms with Crippen LogP contribution in [0, 0.1) is 5.82 Å². The number of halogens is 2. The lowest BCUT2D eigenvalue weighted by Crippen LogP contribution is -2.29. The van der Waals surface area contributed by atoms with Crippen LogP contribution in [0.15, 0.2) is 42.5 Å². The Morgan fingerprint density at radius 1 is 1.21 bits per heavy atom. The van der Waals surface area contributed by atoms with Gasteiger partial charge in [0.05, 0.1) is 11.1 Å². The van der Waals surface area contributed by atoms with E-state index in [1.165, 1.54) is 11.6 Å². The SMILES string of the molecule is CCc1cccc(C(NN)c2ccc(Cl)c(F)c2)c1. The summed E-state index contributed by atoms with van der Waals surface area (Å²) in [6, 6.07) is 12.5. The third-order valence-electron chi connectivity index (χ3n) is 3.14. The van der Waals surface area contributed by atoms with Crippen LogP contribution in [0.2, 0.25) is 5.02 Å². The Morgan fingerprint density at radius 3 is 2.58 bits per heavy atom. The Balaban J connectivity index is 2.40. The first-order valence-corrected chi connectivity index (χ1v) is 6.53. The van der Waals surface area contributed by atoms with E-state index in [1.807, 2.05) is 12.1 Å². The summed E-state index contributed by atoms with van der Waals surface area (Å²) >= 11 is 5.70. The molecule has 2 aromatic rings. The molecule has 0 bridgehead atoms. The third-order valence-corrected chi connectivity index (χ3v) is 3.44. The fourth-order valence-electron chi connectivity index (χ4n) is 2.07. The van der Waals surface area contributed by atoms with Gasteiger partial charge in [-0.25, -0.2) is 9.82 Å². The molecule has 2 aromatic carbocycles. The van der Waals surface area contributed by atoms with Crippen LogP contribution in [-0.2, 0) is 6.42 Å². The topological polar surface area (TPSA) is 38.0 Å². The van der Waals surface area contributed by atoms with Crippen LogP contribution in [-0.4, -0.2) is 0 Å². The molecule has 1 unspecified atom stereocenters. The molecular formula is C15H16ClFN2. The van der Waals surface area contributed by atoms with Crippen molar-refractivity contribution in [3.8, 4) is 0 Å². The van der Waals surface area contributed by atoms with Gasteiger partial charge in [0.15, 0.2) is 0 Å². The zero-order valence-electron chi connectivity index (χ0n) is 10.7. The van der Waals surface area contributed by atoms with E-state index in [0.29, 0.717) is 0 Å². The number of benzene rings is 2. The molecule has 0 spiro atoms. The molecule has 0 saturated heterocycles. The van der Waals surface area contributed by atoms with E-state index in [1.54, 1.807) is 12.1 Å². The van der Waals surface area contributed by atoms with E-state index in [2.05, 4.69) is 24.5 Å². The molecule has 0 aromatic heterocycles. The summed E-state index contributed by atoms with van der Waals surface area (Å²) < 4.78 is 13.5. The minimum atomic E-state index is -0.439.